The van der Waals surface area contributed by atoms with E-state index >= 15 is 0 Å². The molecule has 0 bridgehead atoms. The second-order valence-electron chi connectivity index (χ2n) is 8.48. The van der Waals surface area contributed by atoms with Crippen LogP contribution in [0.15, 0.2) is 36.8 Å². The Morgan fingerprint density at radius 2 is 1.91 bits per heavy atom. The maximum atomic E-state index is 12.8. The van der Waals surface area contributed by atoms with Crippen LogP contribution in [0.1, 0.15) is 38.3 Å². The Hall–Kier alpha value is -3.04. The predicted octanol–water partition coefficient (Wildman–Crippen LogP) is 4.60. The van der Waals surface area contributed by atoms with Crippen molar-refractivity contribution in [3.8, 4) is 22.2 Å². The lowest BCUT2D eigenvalue weighted by Crippen LogP contribution is -2.39. The van der Waals surface area contributed by atoms with Gasteiger partial charge in [0.1, 0.15) is 17.3 Å². The Bertz CT molecular complexity index is 1080. The fraction of sp³-hybridized carbons (Fsp3) is 0.440. The van der Waals surface area contributed by atoms with E-state index in [0.717, 1.165) is 22.1 Å². The summed E-state index contributed by atoms with van der Waals surface area (Å²) in [6.07, 6.45) is 5.15. The molecular formula is C25H33N5O3S. The zero-order valence-electron chi connectivity index (χ0n) is 20.7. The van der Waals surface area contributed by atoms with E-state index in [1.807, 2.05) is 13.0 Å². The number of rotatable bonds is 11. The average Bonchev–Trinajstić information content (AvgIpc) is 3.17. The molecule has 0 fully saturated rings. The number of anilines is 1. The molecule has 34 heavy (non-hydrogen) atoms. The molecule has 1 aromatic carbocycles. The summed E-state index contributed by atoms with van der Waals surface area (Å²) in [6, 6.07) is 6.28. The van der Waals surface area contributed by atoms with Gasteiger partial charge in [0.2, 0.25) is 5.91 Å². The third-order valence-corrected chi connectivity index (χ3v) is 6.56. The summed E-state index contributed by atoms with van der Waals surface area (Å²) in [5.74, 6) is 1.11. The SMILES string of the molecule is COc1ccc(NC(=O)Cc2sc(-c3cnccn3)nc2C)cc1OCCN(C(C)C)C(C)C. The van der Waals surface area contributed by atoms with E-state index in [9.17, 15) is 4.79 Å². The molecule has 1 N–H and O–H groups in total. The molecule has 0 radical (unpaired) electrons. The van der Waals surface area contributed by atoms with Gasteiger partial charge in [-0.05, 0) is 46.8 Å². The molecule has 0 aliphatic heterocycles. The monoisotopic (exact) mass is 483 g/mol. The molecular weight excluding hydrogens is 450 g/mol. The van der Waals surface area contributed by atoms with Crippen LogP contribution in [-0.2, 0) is 11.2 Å². The van der Waals surface area contributed by atoms with E-state index < -0.39 is 0 Å². The Balaban J connectivity index is 1.64. The number of nitrogens with zero attached hydrogens (tertiary/aromatic N) is 4. The van der Waals surface area contributed by atoms with Gasteiger partial charge in [-0.25, -0.2) is 4.98 Å². The summed E-state index contributed by atoms with van der Waals surface area (Å²) in [5, 5.41) is 3.71. The zero-order valence-corrected chi connectivity index (χ0v) is 21.5. The molecule has 0 atom stereocenters. The largest absolute Gasteiger partial charge is 0.493 e. The van der Waals surface area contributed by atoms with Gasteiger partial charge in [0.15, 0.2) is 11.5 Å². The number of nitrogens with one attached hydrogen (secondary N) is 1. The molecule has 0 aliphatic rings. The highest BCUT2D eigenvalue weighted by atomic mass is 32.1. The normalized spacial score (nSPS) is 11.3. The third kappa shape index (κ3) is 6.74. The smallest absolute Gasteiger partial charge is 0.229 e. The van der Waals surface area contributed by atoms with Gasteiger partial charge in [0.05, 0.1) is 25.4 Å². The van der Waals surface area contributed by atoms with Gasteiger partial charge in [-0.1, -0.05) is 0 Å². The van der Waals surface area contributed by atoms with E-state index in [-0.39, 0.29) is 12.3 Å². The predicted molar refractivity (Wildman–Crippen MR) is 136 cm³/mol. The van der Waals surface area contributed by atoms with Crippen LogP contribution in [0.2, 0.25) is 0 Å². The number of aromatic nitrogens is 3. The topological polar surface area (TPSA) is 89.5 Å². The van der Waals surface area contributed by atoms with Crippen molar-refractivity contribution in [2.45, 2.75) is 53.1 Å². The molecule has 3 aromatic rings. The highest BCUT2D eigenvalue weighted by molar-refractivity contribution is 7.15. The number of benzene rings is 1. The molecule has 3 rings (SSSR count). The lowest BCUT2D eigenvalue weighted by atomic mass is 10.2. The summed E-state index contributed by atoms with van der Waals surface area (Å²) in [5.41, 5.74) is 2.17. The van der Waals surface area contributed by atoms with Gasteiger partial charge < -0.3 is 14.8 Å². The average molecular weight is 484 g/mol. The van der Waals surface area contributed by atoms with Gasteiger partial charge in [0, 0.05) is 47.7 Å². The Morgan fingerprint density at radius 1 is 1.15 bits per heavy atom. The van der Waals surface area contributed by atoms with Crippen LogP contribution < -0.4 is 14.8 Å². The number of methoxy groups -OCH3 is 1. The number of aryl methyl sites for hydroxylation is 1. The van der Waals surface area contributed by atoms with E-state index in [4.69, 9.17) is 9.47 Å². The standard InChI is InChI=1S/C25H33N5O3S/c1-16(2)30(17(3)4)11-12-33-22-13-19(7-8-21(22)32-6)29-24(31)14-23-18(5)28-25(34-23)20-15-26-9-10-27-20/h7-10,13,15-17H,11-12,14H2,1-6H3,(H,29,31). The van der Waals surface area contributed by atoms with Crippen LogP contribution in [0.5, 0.6) is 11.5 Å². The fourth-order valence-electron chi connectivity index (χ4n) is 3.70. The highest BCUT2D eigenvalue weighted by Crippen LogP contribution is 2.31. The van der Waals surface area contributed by atoms with Crippen molar-refractivity contribution in [1.29, 1.82) is 0 Å². The van der Waals surface area contributed by atoms with E-state index in [0.29, 0.717) is 41.6 Å². The second kappa shape index (κ2) is 11.9. The van der Waals surface area contributed by atoms with E-state index in [2.05, 4.69) is 52.9 Å². The van der Waals surface area contributed by atoms with Crippen LogP contribution >= 0.6 is 11.3 Å². The first kappa shape index (κ1) is 25.6. The first-order valence-corrected chi connectivity index (χ1v) is 12.2. The molecule has 1 amide bonds. The van der Waals surface area contributed by atoms with Gasteiger partial charge >= 0.3 is 0 Å². The maximum Gasteiger partial charge on any atom is 0.229 e. The number of hydrogen-bond acceptors (Lipinski definition) is 8. The molecule has 0 aliphatic carbocycles. The minimum absolute atomic E-state index is 0.126. The number of carbonyl (C=O) groups excluding carboxylic acids is 1. The number of carbonyl (C=O) groups is 1. The fourth-order valence-corrected chi connectivity index (χ4v) is 4.73. The number of thiazole rings is 1. The molecule has 9 heteroatoms. The molecule has 2 aromatic heterocycles. The quantitative estimate of drug-likeness (QED) is 0.426. The van der Waals surface area contributed by atoms with Gasteiger partial charge in [0.25, 0.3) is 0 Å². The van der Waals surface area contributed by atoms with E-state index in [1.54, 1.807) is 37.8 Å². The summed E-state index contributed by atoms with van der Waals surface area (Å²) in [4.78, 5) is 28.9. The molecule has 0 unspecified atom stereocenters. The molecule has 0 spiro atoms. The first-order valence-electron chi connectivity index (χ1n) is 11.4. The molecule has 8 nitrogen and oxygen atoms in total. The molecule has 0 saturated heterocycles. The molecule has 2 heterocycles. The zero-order chi connectivity index (χ0) is 24.7. The third-order valence-electron chi connectivity index (χ3n) is 5.38. The second-order valence-corrected chi connectivity index (χ2v) is 9.57. The minimum Gasteiger partial charge on any atom is -0.493 e. The molecule has 182 valence electrons. The summed E-state index contributed by atoms with van der Waals surface area (Å²) in [6.45, 7) is 11.9. The summed E-state index contributed by atoms with van der Waals surface area (Å²) >= 11 is 1.46. The van der Waals surface area contributed by atoms with Gasteiger partial charge in [-0.15, -0.1) is 11.3 Å². The number of hydrogen-bond donors (Lipinski definition) is 1. The van der Waals surface area contributed by atoms with Crippen LogP contribution in [0.3, 0.4) is 0 Å². The van der Waals surface area contributed by atoms with Crippen molar-refractivity contribution < 1.29 is 14.3 Å². The summed E-state index contributed by atoms with van der Waals surface area (Å²) < 4.78 is 11.5. The highest BCUT2D eigenvalue weighted by Gasteiger charge is 2.16. The molecule has 0 saturated carbocycles. The van der Waals surface area contributed by atoms with Crippen molar-refractivity contribution in [2.75, 3.05) is 25.6 Å². The van der Waals surface area contributed by atoms with Gasteiger partial charge in [-0.2, -0.15) is 0 Å². The van der Waals surface area contributed by atoms with Gasteiger partial charge in [-0.3, -0.25) is 19.7 Å². The first-order chi connectivity index (χ1) is 16.3. The van der Waals surface area contributed by atoms with Crippen molar-refractivity contribution in [1.82, 2.24) is 19.9 Å². The van der Waals surface area contributed by atoms with E-state index in [1.165, 1.54) is 11.3 Å². The van der Waals surface area contributed by atoms with Crippen molar-refractivity contribution in [3.63, 3.8) is 0 Å². The van der Waals surface area contributed by atoms with Crippen LogP contribution in [0.4, 0.5) is 5.69 Å². The Kier molecular flexibility index (Phi) is 8.95. The van der Waals surface area contributed by atoms with Crippen molar-refractivity contribution >= 4 is 22.9 Å². The Labute approximate surface area is 205 Å². The Morgan fingerprint density at radius 3 is 2.56 bits per heavy atom. The number of amides is 1. The summed E-state index contributed by atoms with van der Waals surface area (Å²) in [7, 11) is 1.61. The number of ether oxygens (including phenoxy) is 2. The van der Waals surface area contributed by atoms with Crippen LogP contribution in [0.25, 0.3) is 10.7 Å². The lowest BCUT2D eigenvalue weighted by Gasteiger charge is -2.30. The van der Waals surface area contributed by atoms with Crippen LogP contribution in [0, 0.1) is 6.92 Å². The lowest BCUT2D eigenvalue weighted by molar-refractivity contribution is -0.115. The maximum absolute atomic E-state index is 12.8. The van der Waals surface area contributed by atoms with Crippen LogP contribution in [-0.4, -0.2) is 58.1 Å². The van der Waals surface area contributed by atoms with Crippen molar-refractivity contribution in [2.24, 2.45) is 0 Å². The van der Waals surface area contributed by atoms with Crippen molar-refractivity contribution in [3.05, 3.63) is 47.4 Å². The minimum atomic E-state index is -0.126.